The molecule has 3 heterocycles. The van der Waals surface area contributed by atoms with Crippen LogP contribution in [-0.2, 0) is 19.0 Å². The molecule has 0 radical (unpaired) electrons. The molecule has 3 fully saturated rings. The highest BCUT2D eigenvalue weighted by Gasteiger charge is 2.43. The summed E-state index contributed by atoms with van der Waals surface area (Å²) in [5.41, 5.74) is -0.520. The minimum atomic E-state index is -0.520. The zero-order valence-corrected chi connectivity index (χ0v) is 19.7. The van der Waals surface area contributed by atoms with Gasteiger partial charge in [0.25, 0.3) is 0 Å². The molecule has 3 aliphatic heterocycles. The molecule has 8 heteroatoms. The zero-order chi connectivity index (χ0) is 21.7. The summed E-state index contributed by atoms with van der Waals surface area (Å²) in [6.07, 6.45) is 4.92. The van der Waals surface area contributed by atoms with E-state index in [0.717, 1.165) is 51.9 Å². The van der Waals surface area contributed by atoms with Crippen LogP contribution in [0.25, 0.3) is 0 Å². The third-order valence-corrected chi connectivity index (χ3v) is 6.97. The molecule has 0 aromatic heterocycles. The van der Waals surface area contributed by atoms with Crippen molar-refractivity contribution >= 4 is 23.0 Å². The highest BCUT2D eigenvalue weighted by Crippen LogP contribution is 2.36. The monoisotopic (exact) mass is 442 g/mol. The highest BCUT2D eigenvalue weighted by atomic mass is 32.2. The van der Waals surface area contributed by atoms with Crippen LogP contribution >= 0.6 is 11.8 Å². The van der Waals surface area contributed by atoms with Crippen molar-refractivity contribution in [3.63, 3.8) is 0 Å². The van der Waals surface area contributed by atoms with Gasteiger partial charge in [0.1, 0.15) is 5.60 Å². The molecule has 3 aliphatic rings. The second-order valence-electron chi connectivity index (χ2n) is 9.68. The van der Waals surface area contributed by atoms with Crippen LogP contribution in [0.1, 0.15) is 59.8 Å². The first-order chi connectivity index (χ1) is 14.2. The Morgan fingerprint density at radius 3 is 2.63 bits per heavy atom. The number of ether oxygens (including phenoxy) is 3. The zero-order valence-electron chi connectivity index (χ0n) is 18.9. The number of nitrogens with zero attached hydrogens (tertiary/aromatic N) is 2. The summed E-state index contributed by atoms with van der Waals surface area (Å²) >= 11 is 1.36. The largest absolute Gasteiger partial charge is 0.444 e. The van der Waals surface area contributed by atoms with E-state index in [2.05, 4.69) is 4.90 Å². The average Bonchev–Trinajstić information content (AvgIpc) is 3.28. The van der Waals surface area contributed by atoms with Crippen LogP contribution < -0.4 is 0 Å². The molecule has 3 saturated heterocycles. The van der Waals surface area contributed by atoms with Gasteiger partial charge in [0.15, 0.2) is 11.4 Å². The van der Waals surface area contributed by atoms with Gasteiger partial charge in [-0.1, -0.05) is 11.8 Å². The van der Waals surface area contributed by atoms with Crippen molar-refractivity contribution in [2.45, 2.75) is 83.0 Å². The Kier molecular flexibility index (Phi) is 8.46. The molecule has 0 aliphatic carbocycles. The first kappa shape index (κ1) is 23.8. The van der Waals surface area contributed by atoms with Gasteiger partial charge >= 0.3 is 6.09 Å². The Morgan fingerprint density at radius 2 is 1.97 bits per heavy atom. The summed E-state index contributed by atoms with van der Waals surface area (Å²) in [6.45, 7) is 12.2. The minimum absolute atomic E-state index is 0.0426. The molecule has 7 nitrogen and oxygen atoms in total. The summed E-state index contributed by atoms with van der Waals surface area (Å²) < 4.78 is 17.2. The molecule has 1 amide bonds. The minimum Gasteiger partial charge on any atom is -0.444 e. The normalized spacial score (nSPS) is 30.6. The van der Waals surface area contributed by atoms with Gasteiger partial charge in [-0.3, -0.25) is 4.79 Å². The molecular weight excluding hydrogens is 404 g/mol. The van der Waals surface area contributed by atoms with E-state index in [1.807, 2.05) is 25.7 Å². The number of thioether (sulfide) groups is 1. The van der Waals surface area contributed by atoms with Crippen LogP contribution in [-0.4, -0.2) is 83.6 Å². The first-order valence-electron chi connectivity index (χ1n) is 11.3. The fraction of sp³-hybridized carbons (Fsp3) is 0.909. The molecule has 172 valence electrons. The smallest absolute Gasteiger partial charge is 0.410 e. The van der Waals surface area contributed by atoms with E-state index >= 15 is 0 Å². The van der Waals surface area contributed by atoms with Crippen LogP contribution in [0.15, 0.2) is 0 Å². The molecule has 0 aromatic rings. The van der Waals surface area contributed by atoms with E-state index in [0.29, 0.717) is 19.1 Å². The Morgan fingerprint density at radius 1 is 1.17 bits per heavy atom. The second-order valence-corrected chi connectivity index (χ2v) is 11.2. The fourth-order valence-corrected chi connectivity index (χ4v) is 5.66. The van der Waals surface area contributed by atoms with Crippen molar-refractivity contribution < 1.29 is 23.8 Å². The van der Waals surface area contributed by atoms with Gasteiger partial charge in [0.2, 0.25) is 0 Å². The van der Waals surface area contributed by atoms with Gasteiger partial charge < -0.3 is 24.0 Å². The van der Waals surface area contributed by atoms with Gasteiger partial charge in [-0.2, -0.15) is 0 Å². The van der Waals surface area contributed by atoms with Gasteiger partial charge in [0.05, 0.1) is 6.61 Å². The lowest BCUT2D eigenvalue weighted by atomic mass is 9.97. The Hall–Kier alpha value is -0.830. The number of amides is 1. The van der Waals surface area contributed by atoms with E-state index < -0.39 is 5.60 Å². The summed E-state index contributed by atoms with van der Waals surface area (Å²) in [6, 6.07) is 0.129. The lowest BCUT2D eigenvalue weighted by Crippen LogP contribution is -2.44. The second kappa shape index (κ2) is 10.7. The molecule has 3 rings (SSSR count). The predicted octanol–water partition coefficient (Wildman–Crippen LogP) is 3.51. The van der Waals surface area contributed by atoms with Crippen LogP contribution in [0.5, 0.6) is 0 Å². The summed E-state index contributed by atoms with van der Waals surface area (Å²) in [7, 11) is 0. The number of carbonyl (C=O) groups is 2. The number of hydrogen-bond donors (Lipinski definition) is 0. The molecule has 0 aromatic carbocycles. The molecule has 4 atom stereocenters. The van der Waals surface area contributed by atoms with Crippen LogP contribution in [0.2, 0.25) is 0 Å². The summed E-state index contributed by atoms with van der Waals surface area (Å²) in [4.78, 5) is 28.8. The molecule has 0 spiro atoms. The van der Waals surface area contributed by atoms with Crippen molar-refractivity contribution in [2.24, 2.45) is 5.92 Å². The van der Waals surface area contributed by atoms with Crippen molar-refractivity contribution in [3.8, 4) is 0 Å². The maximum absolute atomic E-state index is 12.9. The van der Waals surface area contributed by atoms with Crippen molar-refractivity contribution in [2.75, 3.05) is 39.4 Å². The van der Waals surface area contributed by atoms with Crippen LogP contribution in [0.4, 0.5) is 4.79 Å². The first-order valence-corrected chi connectivity index (χ1v) is 12.2. The van der Waals surface area contributed by atoms with Gasteiger partial charge in [0, 0.05) is 44.5 Å². The van der Waals surface area contributed by atoms with E-state index in [1.165, 1.54) is 18.2 Å². The topological polar surface area (TPSA) is 68.3 Å². The number of likely N-dealkylation sites (tertiary alicyclic amines) is 2. The van der Waals surface area contributed by atoms with Gasteiger partial charge in [-0.15, -0.1) is 0 Å². The van der Waals surface area contributed by atoms with Crippen LogP contribution in [0.3, 0.4) is 0 Å². The predicted molar refractivity (Wildman–Crippen MR) is 117 cm³/mol. The quantitative estimate of drug-likeness (QED) is 0.623. The van der Waals surface area contributed by atoms with E-state index in [4.69, 9.17) is 14.2 Å². The number of hydrogen-bond acceptors (Lipinski definition) is 7. The lowest BCUT2D eigenvalue weighted by molar-refractivity contribution is -0.163. The fourth-order valence-electron chi connectivity index (χ4n) is 4.66. The van der Waals surface area contributed by atoms with Gasteiger partial charge in [-0.25, -0.2) is 4.79 Å². The maximum atomic E-state index is 12.9. The van der Waals surface area contributed by atoms with Crippen LogP contribution in [0, 0.1) is 5.92 Å². The molecule has 0 saturated carbocycles. The number of rotatable bonds is 6. The molecule has 30 heavy (non-hydrogen) atoms. The Balaban J connectivity index is 1.52. The number of carbonyl (C=O) groups excluding carboxylic acids is 2. The Bertz CT molecular complexity index is 591. The van der Waals surface area contributed by atoms with Crippen molar-refractivity contribution in [1.29, 1.82) is 0 Å². The third-order valence-electron chi connectivity index (χ3n) is 5.97. The molecule has 0 N–H and O–H groups in total. The highest BCUT2D eigenvalue weighted by molar-refractivity contribution is 8.14. The molecule has 0 bridgehead atoms. The molecule has 2 unspecified atom stereocenters. The lowest BCUT2D eigenvalue weighted by Gasteiger charge is -2.31. The standard InChI is InChI=1S/C22H38N2O5S/c1-16(25)30-18-13-19(24(15-18)21(26)29-22(2,3)4)17-8-9-23(14-17)10-12-28-20-7-5-6-11-27-20/h17-20H,5-15H2,1-4H3/t17?,18-,19-,20?/m0/s1. The SMILES string of the molecule is CC(=O)S[C@H]1C[C@@H](C2CCN(CCOC3CCCCO3)C2)N(C(=O)OC(C)(C)C)C1. The van der Waals surface area contributed by atoms with Gasteiger partial charge in [-0.05, 0) is 65.3 Å². The molecular formula is C22H38N2O5S. The van der Waals surface area contributed by atoms with E-state index in [1.54, 1.807) is 6.92 Å². The maximum Gasteiger partial charge on any atom is 0.410 e. The van der Waals surface area contributed by atoms with Crippen molar-refractivity contribution in [3.05, 3.63) is 0 Å². The van der Waals surface area contributed by atoms with Crippen molar-refractivity contribution in [1.82, 2.24) is 9.80 Å². The third kappa shape index (κ3) is 7.11. The Labute approximate surface area is 185 Å². The van der Waals surface area contributed by atoms with E-state index in [9.17, 15) is 9.59 Å². The summed E-state index contributed by atoms with van der Waals surface area (Å²) in [5, 5.41) is 0.265. The van der Waals surface area contributed by atoms with E-state index in [-0.39, 0.29) is 28.8 Å². The average molecular weight is 443 g/mol. The summed E-state index contributed by atoms with van der Waals surface area (Å²) in [5.74, 6) is 0.404.